The molecular formula is C6H15N. The van der Waals surface area contributed by atoms with Crippen LogP contribution in [-0.4, -0.2) is 14.1 Å². The zero-order valence-corrected chi connectivity index (χ0v) is 5.33. The van der Waals surface area contributed by atoms with Gasteiger partial charge in [0.2, 0.25) is 0 Å². The summed E-state index contributed by atoms with van der Waals surface area (Å²) in [6, 6.07) is 0. The van der Waals surface area contributed by atoms with E-state index in [1.165, 1.54) is 25.7 Å². The summed E-state index contributed by atoms with van der Waals surface area (Å²) in [4.78, 5) is 0. The minimum atomic E-state index is 1.50. The molecule has 0 saturated heterocycles. The van der Waals surface area contributed by atoms with Gasteiger partial charge in [-0.1, -0.05) is 25.7 Å². The lowest BCUT2D eigenvalue weighted by atomic mass is 10.0. The topological polar surface area (TPSA) is 12.0 Å². The SMILES string of the molecule is C1CCC1.CNC. The average Bonchev–Trinajstić information content (AvgIpc) is 1.27. The molecule has 0 aromatic rings. The average molecular weight is 101 g/mol. The molecule has 0 atom stereocenters. The second-order valence-electron chi connectivity index (χ2n) is 1.91. The Labute approximate surface area is 46.1 Å². The molecule has 1 fully saturated rings. The zero-order valence-electron chi connectivity index (χ0n) is 5.33. The number of nitrogens with one attached hydrogen (secondary N) is 1. The van der Waals surface area contributed by atoms with E-state index in [0.29, 0.717) is 0 Å². The molecule has 1 saturated carbocycles. The van der Waals surface area contributed by atoms with Gasteiger partial charge in [-0.3, -0.25) is 0 Å². The second kappa shape index (κ2) is 5.96. The van der Waals surface area contributed by atoms with Gasteiger partial charge < -0.3 is 5.32 Å². The van der Waals surface area contributed by atoms with Crippen LogP contribution in [0.15, 0.2) is 0 Å². The van der Waals surface area contributed by atoms with E-state index in [-0.39, 0.29) is 0 Å². The molecular weight excluding hydrogens is 86.1 g/mol. The van der Waals surface area contributed by atoms with Crippen molar-refractivity contribution < 1.29 is 0 Å². The first-order valence-corrected chi connectivity index (χ1v) is 3.00. The molecule has 0 aromatic carbocycles. The van der Waals surface area contributed by atoms with Crippen molar-refractivity contribution >= 4 is 0 Å². The molecule has 0 amide bonds. The van der Waals surface area contributed by atoms with E-state index in [0.717, 1.165) is 0 Å². The highest BCUT2D eigenvalue weighted by Crippen LogP contribution is 2.15. The maximum atomic E-state index is 2.75. The molecule has 7 heavy (non-hydrogen) atoms. The van der Waals surface area contributed by atoms with Crippen LogP contribution in [0, 0.1) is 0 Å². The molecule has 0 heterocycles. The molecule has 0 aliphatic heterocycles. The van der Waals surface area contributed by atoms with Crippen LogP contribution in [0.5, 0.6) is 0 Å². The third kappa shape index (κ3) is 5.96. The van der Waals surface area contributed by atoms with Gasteiger partial charge in [0.1, 0.15) is 0 Å². The van der Waals surface area contributed by atoms with E-state index < -0.39 is 0 Å². The molecule has 0 aromatic heterocycles. The molecule has 0 unspecified atom stereocenters. The van der Waals surface area contributed by atoms with Crippen molar-refractivity contribution in [3.05, 3.63) is 0 Å². The van der Waals surface area contributed by atoms with Gasteiger partial charge in [-0.15, -0.1) is 0 Å². The van der Waals surface area contributed by atoms with Crippen LogP contribution in [0.3, 0.4) is 0 Å². The first kappa shape index (κ1) is 6.96. The van der Waals surface area contributed by atoms with E-state index in [1.54, 1.807) is 0 Å². The Morgan fingerprint density at radius 3 is 1.00 bits per heavy atom. The summed E-state index contributed by atoms with van der Waals surface area (Å²) in [7, 11) is 3.75. The molecule has 44 valence electrons. The standard InChI is InChI=1S/C4H8.C2H7N/c1-2-4-3-1;1-3-2/h1-4H2;3H,1-2H3. The fraction of sp³-hybridized carbons (Fsp3) is 1.00. The van der Waals surface area contributed by atoms with Crippen molar-refractivity contribution in [3.63, 3.8) is 0 Å². The number of hydrogen-bond donors (Lipinski definition) is 1. The Bertz CT molecular complexity index is 19.4. The molecule has 1 rings (SSSR count). The van der Waals surface area contributed by atoms with E-state index in [2.05, 4.69) is 5.32 Å². The van der Waals surface area contributed by atoms with Crippen molar-refractivity contribution in [1.29, 1.82) is 0 Å². The van der Waals surface area contributed by atoms with Crippen LogP contribution in [0.2, 0.25) is 0 Å². The van der Waals surface area contributed by atoms with Gasteiger partial charge >= 0.3 is 0 Å². The first-order valence-electron chi connectivity index (χ1n) is 3.00. The molecule has 1 aliphatic rings. The van der Waals surface area contributed by atoms with Crippen molar-refractivity contribution in [2.45, 2.75) is 25.7 Å². The molecule has 0 radical (unpaired) electrons. The smallest absolute Gasteiger partial charge is 0.0167 e. The molecule has 1 aliphatic carbocycles. The van der Waals surface area contributed by atoms with Gasteiger partial charge in [-0.05, 0) is 14.1 Å². The summed E-state index contributed by atoms with van der Waals surface area (Å²) in [6.45, 7) is 0. The van der Waals surface area contributed by atoms with Gasteiger partial charge in [0.05, 0.1) is 0 Å². The summed E-state index contributed by atoms with van der Waals surface area (Å²) >= 11 is 0. The van der Waals surface area contributed by atoms with Crippen molar-refractivity contribution in [1.82, 2.24) is 5.32 Å². The maximum absolute atomic E-state index is 2.75. The molecule has 0 bridgehead atoms. The lowest BCUT2D eigenvalue weighted by molar-refractivity contribution is 0.504. The largest absolute Gasteiger partial charge is 0.323 e. The second-order valence-corrected chi connectivity index (χ2v) is 1.91. The summed E-state index contributed by atoms with van der Waals surface area (Å²) in [5, 5.41) is 2.75. The minimum Gasteiger partial charge on any atom is -0.323 e. The summed E-state index contributed by atoms with van der Waals surface area (Å²) in [5.74, 6) is 0. The van der Waals surface area contributed by atoms with E-state index >= 15 is 0 Å². The van der Waals surface area contributed by atoms with Gasteiger partial charge in [0.25, 0.3) is 0 Å². The van der Waals surface area contributed by atoms with Crippen LogP contribution in [0.25, 0.3) is 0 Å². The molecule has 0 spiro atoms. The van der Waals surface area contributed by atoms with Gasteiger partial charge in [0, 0.05) is 0 Å². The fourth-order valence-corrected chi connectivity index (χ4v) is 0.250. The number of hydrogen-bond acceptors (Lipinski definition) is 1. The minimum absolute atomic E-state index is 1.50. The third-order valence-corrected chi connectivity index (χ3v) is 1.000. The van der Waals surface area contributed by atoms with Crippen LogP contribution in [-0.2, 0) is 0 Å². The molecule has 1 heteroatoms. The summed E-state index contributed by atoms with van der Waals surface area (Å²) in [5.41, 5.74) is 0. The molecule has 1 N–H and O–H groups in total. The lowest BCUT2D eigenvalue weighted by Crippen LogP contribution is -1.89. The highest BCUT2D eigenvalue weighted by molar-refractivity contribution is 4.50. The summed E-state index contributed by atoms with van der Waals surface area (Å²) in [6.07, 6.45) is 6.00. The van der Waals surface area contributed by atoms with Gasteiger partial charge in [0.15, 0.2) is 0 Å². The predicted molar refractivity (Wildman–Crippen MR) is 33.5 cm³/mol. The van der Waals surface area contributed by atoms with Crippen molar-refractivity contribution in [2.24, 2.45) is 0 Å². The van der Waals surface area contributed by atoms with Crippen LogP contribution in [0.4, 0.5) is 0 Å². The van der Waals surface area contributed by atoms with Gasteiger partial charge in [-0.2, -0.15) is 0 Å². The Hall–Kier alpha value is -0.0400. The van der Waals surface area contributed by atoms with Crippen molar-refractivity contribution in [3.8, 4) is 0 Å². The van der Waals surface area contributed by atoms with Crippen LogP contribution < -0.4 is 5.32 Å². The monoisotopic (exact) mass is 101 g/mol. The van der Waals surface area contributed by atoms with E-state index in [9.17, 15) is 0 Å². The van der Waals surface area contributed by atoms with Crippen LogP contribution in [0.1, 0.15) is 25.7 Å². The fourth-order valence-electron chi connectivity index (χ4n) is 0.250. The zero-order chi connectivity index (χ0) is 5.54. The number of rotatable bonds is 0. The Morgan fingerprint density at radius 2 is 1.00 bits per heavy atom. The van der Waals surface area contributed by atoms with Crippen molar-refractivity contribution in [2.75, 3.05) is 14.1 Å². The maximum Gasteiger partial charge on any atom is -0.0167 e. The highest BCUT2D eigenvalue weighted by Gasteiger charge is 1.95. The highest BCUT2D eigenvalue weighted by atomic mass is 14.7. The van der Waals surface area contributed by atoms with Crippen LogP contribution >= 0.6 is 0 Å². The van der Waals surface area contributed by atoms with E-state index in [4.69, 9.17) is 0 Å². The Kier molecular flexibility index (Phi) is 5.93. The lowest BCUT2D eigenvalue weighted by Gasteiger charge is -2.05. The van der Waals surface area contributed by atoms with Gasteiger partial charge in [-0.25, -0.2) is 0 Å². The third-order valence-electron chi connectivity index (χ3n) is 1.000. The molecule has 1 nitrogen and oxygen atoms in total. The quantitative estimate of drug-likeness (QED) is 0.486. The van der Waals surface area contributed by atoms with E-state index in [1.807, 2.05) is 14.1 Å². The Balaban J connectivity index is 0.000000110. The predicted octanol–water partition coefficient (Wildman–Crippen LogP) is 1.40. The Morgan fingerprint density at radius 1 is 0.857 bits per heavy atom. The normalized spacial score (nSPS) is 16.3. The summed E-state index contributed by atoms with van der Waals surface area (Å²) < 4.78 is 0. The first-order chi connectivity index (χ1) is 3.41.